The molecule has 0 aliphatic rings. The molecule has 0 aliphatic heterocycles. The highest BCUT2D eigenvalue weighted by molar-refractivity contribution is 5.80. The van der Waals surface area contributed by atoms with Crippen molar-refractivity contribution in [3.8, 4) is 0 Å². The number of nitrogens with zero attached hydrogens (tertiary/aromatic N) is 1. The summed E-state index contributed by atoms with van der Waals surface area (Å²) in [6.45, 7) is 6.50. The number of rotatable bonds is 4. The van der Waals surface area contributed by atoms with Crippen LogP contribution in [0.15, 0.2) is 36.4 Å². The van der Waals surface area contributed by atoms with E-state index in [0.29, 0.717) is 13.0 Å². The highest BCUT2D eigenvalue weighted by atomic mass is 16.1. The van der Waals surface area contributed by atoms with E-state index in [1.165, 1.54) is 0 Å². The summed E-state index contributed by atoms with van der Waals surface area (Å²) in [6, 6.07) is 11.9. The summed E-state index contributed by atoms with van der Waals surface area (Å²) in [4.78, 5) is 16.2. The third-order valence-corrected chi connectivity index (χ3v) is 2.77. The van der Waals surface area contributed by atoms with Gasteiger partial charge in [0.15, 0.2) is 0 Å². The van der Waals surface area contributed by atoms with Gasteiger partial charge in [0.25, 0.3) is 0 Å². The average Bonchev–Trinajstić information content (AvgIpc) is 2.36. The minimum absolute atomic E-state index is 0.0470. The van der Waals surface area contributed by atoms with Gasteiger partial charge in [-0.25, -0.2) is 4.98 Å². The quantitative estimate of drug-likeness (QED) is 0.899. The molecule has 0 atom stereocenters. The van der Waals surface area contributed by atoms with Gasteiger partial charge in [-0.05, 0) is 39.0 Å². The molecule has 20 heavy (non-hydrogen) atoms. The number of fused-ring (bicyclic) bond motifs is 1. The summed E-state index contributed by atoms with van der Waals surface area (Å²) >= 11 is 0. The molecule has 0 bridgehead atoms. The Kier molecular flexibility index (Phi) is 4.23. The van der Waals surface area contributed by atoms with E-state index in [1.807, 2.05) is 57.2 Å². The van der Waals surface area contributed by atoms with Crippen molar-refractivity contribution in [3.63, 3.8) is 0 Å². The first-order valence-electron chi connectivity index (χ1n) is 6.85. The summed E-state index contributed by atoms with van der Waals surface area (Å²) in [5, 5.41) is 7.23. The van der Waals surface area contributed by atoms with Gasteiger partial charge < -0.3 is 10.6 Å². The first-order chi connectivity index (χ1) is 9.44. The van der Waals surface area contributed by atoms with Crippen molar-refractivity contribution in [2.45, 2.75) is 32.7 Å². The summed E-state index contributed by atoms with van der Waals surface area (Å²) < 4.78 is 0. The van der Waals surface area contributed by atoms with Crippen molar-refractivity contribution >= 4 is 22.6 Å². The van der Waals surface area contributed by atoms with Crippen LogP contribution in [0.3, 0.4) is 0 Å². The third-order valence-electron chi connectivity index (χ3n) is 2.77. The Labute approximate surface area is 119 Å². The molecule has 4 heteroatoms. The zero-order valence-electron chi connectivity index (χ0n) is 12.2. The molecule has 4 nitrogen and oxygen atoms in total. The van der Waals surface area contributed by atoms with Crippen LogP contribution in [0.1, 0.15) is 27.2 Å². The molecule has 2 rings (SSSR count). The van der Waals surface area contributed by atoms with Crippen LogP contribution >= 0.6 is 0 Å². The molecule has 0 spiro atoms. The lowest BCUT2D eigenvalue weighted by atomic mass is 10.1. The number of aromatic nitrogens is 1. The topological polar surface area (TPSA) is 54.0 Å². The van der Waals surface area contributed by atoms with Gasteiger partial charge >= 0.3 is 0 Å². The second kappa shape index (κ2) is 5.90. The van der Waals surface area contributed by atoms with Gasteiger partial charge in [0.2, 0.25) is 5.91 Å². The molecule has 1 aromatic heterocycles. The Morgan fingerprint density at radius 2 is 1.90 bits per heavy atom. The minimum Gasteiger partial charge on any atom is -0.370 e. The second-order valence-corrected chi connectivity index (χ2v) is 5.86. The van der Waals surface area contributed by atoms with Gasteiger partial charge in [0.05, 0.1) is 5.52 Å². The van der Waals surface area contributed by atoms with Crippen LogP contribution in [-0.2, 0) is 4.79 Å². The van der Waals surface area contributed by atoms with Gasteiger partial charge in [-0.2, -0.15) is 0 Å². The maximum Gasteiger partial charge on any atom is 0.222 e. The standard InChI is InChI=1S/C16H21N3O/c1-16(2,3)19-15(20)10-11-17-14-9-8-12-6-4-5-7-13(12)18-14/h4-9H,10-11H2,1-3H3,(H,17,18)(H,19,20). The number of anilines is 1. The third kappa shape index (κ3) is 4.23. The van der Waals surface area contributed by atoms with E-state index in [9.17, 15) is 4.79 Å². The van der Waals surface area contributed by atoms with E-state index in [2.05, 4.69) is 15.6 Å². The Balaban J connectivity index is 1.88. The summed E-state index contributed by atoms with van der Waals surface area (Å²) in [5.74, 6) is 0.845. The molecule has 2 aromatic rings. The van der Waals surface area contributed by atoms with Crippen molar-refractivity contribution in [3.05, 3.63) is 36.4 Å². The normalized spacial score (nSPS) is 11.3. The highest BCUT2D eigenvalue weighted by Crippen LogP contribution is 2.14. The van der Waals surface area contributed by atoms with E-state index in [-0.39, 0.29) is 11.4 Å². The lowest BCUT2D eigenvalue weighted by Crippen LogP contribution is -2.41. The average molecular weight is 271 g/mol. The fraction of sp³-hybridized carbons (Fsp3) is 0.375. The summed E-state index contributed by atoms with van der Waals surface area (Å²) in [5.41, 5.74) is 0.773. The van der Waals surface area contributed by atoms with Crippen LogP contribution < -0.4 is 10.6 Å². The highest BCUT2D eigenvalue weighted by Gasteiger charge is 2.12. The molecule has 0 saturated carbocycles. The van der Waals surface area contributed by atoms with Gasteiger partial charge in [0, 0.05) is 23.9 Å². The van der Waals surface area contributed by atoms with Crippen LogP contribution in [0.5, 0.6) is 0 Å². The van der Waals surface area contributed by atoms with Crippen molar-refractivity contribution in [2.24, 2.45) is 0 Å². The first-order valence-corrected chi connectivity index (χ1v) is 6.85. The molecule has 0 aliphatic carbocycles. The largest absolute Gasteiger partial charge is 0.370 e. The fourth-order valence-electron chi connectivity index (χ4n) is 1.95. The number of amides is 1. The maximum atomic E-state index is 11.7. The molecule has 1 amide bonds. The Morgan fingerprint density at radius 1 is 1.15 bits per heavy atom. The molecular formula is C16H21N3O. The molecule has 0 radical (unpaired) electrons. The minimum atomic E-state index is -0.182. The number of para-hydroxylation sites is 1. The van der Waals surface area contributed by atoms with Crippen molar-refractivity contribution in [1.82, 2.24) is 10.3 Å². The van der Waals surface area contributed by atoms with Gasteiger partial charge in [0.1, 0.15) is 5.82 Å². The summed E-state index contributed by atoms with van der Waals surface area (Å²) in [7, 11) is 0. The van der Waals surface area contributed by atoms with Crippen molar-refractivity contribution in [1.29, 1.82) is 0 Å². The monoisotopic (exact) mass is 271 g/mol. The van der Waals surface area contributed by atoms with Crippen molar-refractivity contribution in [2.75, 3.05) is 11.9 Å². The fourth-order valence-corrected chi connectivity index (χ4v) is 1.95. The Hall–Kier alpha value is -2.10. The van der Waals surface area contributed by atoms with Crippen molar-refractivity contribution < 1.29 is 4.79 Å². The van der Waals surface area contributed by atoms with Crippen LogP contribution in [0.4, 0.5) is 5.82 Å². The molecular weight excluding hydrogens is 250 g/mol. The lowest BCUT2D eigenvalue weighted by molar-refractivity contribution is -0.122. The van der Waals surface area contributed by atoms with E-state index in [0.717, 1.165) is 16.7 Å². The molecule has 0 fully saturated rings. The number of carbonyl (C=O) groups is 1. The Bertz CT molecular complexity index is 602. The second-order valence-electron chi connectivity index (χ2n) is 5.86. The van der Waals surface area contributed by atoms with Crippen LogP contribution in [0, 0.1) is 0 Å². The van der Waals surface area contributed by atoms with Gasteiger partial charge in [-0.1, -0.05) is 18.2 Å². The van der Waals surface area contributed by atoms with Crippen LogP contribution in [0.25, 0.3) is 10.9 Å². The van der Waals surface area contributed by atoms with Gasteiger partial charge in [-0.15, -0.1) is 0 Å². The molecule has 106 valence electrons. The predicted molar refractivity (Wildman–Crippen MR) is 82.7 cm³/mol. The molecule has 0 saturated heterocycles. The summed E-state index contributed by atoms with van der Waals surface area (Å²) in [6.07, 6.45) is 0.436. The first kappa shape index (κ1) is 14.3. The smallest absolute Gasteiger partial charge is 0.222 e. The predicted octanol–water partition coefficient (Wildman–Crippen LogP) is 2.95. The zero-order valence-corrected chi connectivity index (χ0v) is 12.2. The number of hydrogen-bond acceptors (Lipinski definition) is 3. The molecule has 1 aromatic carbocycles. The molecule has 2 N–H and O–H groups in total. The maximum absolute atomic E-state index is 11.7. The Morgan fingerprint density at radius 3 is 2.65 bits per heavy atom. The van der Waals surface area contributed by atoms with E-state index in [4.69, 9.17) is 0 Å². The molecule has 0 unspecified atom stereocenters. The number of benzene rings is 1. The lowest BCUT2D eigenvalue weighted by Gasteiger charge is -2.20. The van der Waals surface area contributed by atoms with E-state index < -0.39 is 0 Å². The number of nitrogens with one attached hydrogen (secondary N) is 2. The van der Waals surface area contributed by atoms with Crippen LogP contribution in [-0.4, -0.2) is 23.0 Å². The number of hydrogen-bond donors (Lipinski definition) is 2. The number of pyridine rings is 1. The van der Waals surface area contributed by atoms with E-state index in [1.54, 1.807) is 0 Å². The zero-order chi connectivity index (χ0) is 14.6. The molecule has 1 heterocycles. The van der Waals surface area contributed by atoms with Crippen LogP contribution in [0.2, 0.25) is 0 Å². The van der Waals surface area contributed by atoms with E-state index >= 15 is 0 Å². The number of carbonyl (C=O) groups excluding carboxylic acids is 1. The SMILES string of the molecule is CC(C)(C)NC(=O)CCNc1ccc2ccccc2n1. The van der Waals surface area contributed by atoms with Gasteiger partial charge in [-0.3, -0.25) is 4.79 Å².